The number of nitrogens with zero attached hydrogens (tertiary/aromatic N) is 1. The molecule has 0 saturated carbocycles. The van der Waals surface area contributed by atoms with Crippen LogP contribution >= 0.6 is 0 Å². The number of likely N-dealkylation sites (N-methyl/N-ethyl adjacent to an activating group) is 1. The molecule has 2 N–H and O–H groups in total. The van der Waals surface area contributed by atoms with Crippen LogP contribution in [0.1, 0.15) is 17.3 Å². The zero-order chi connectivity index (χ0) is 13.5. The Kier molecular flexibility index (Phi) is 5.19. The van der Waals surface area contributed by atoms with E-state index in [4.69, 9.17) is 0 Å². The van der Waals surface area contributed by atoms with Crippen molar-refractivity contribution < 1.29 is 14.1 Å². The fourth-order valence-electron chi connectivity index (χ4n) is 1.34. The van der Waals surface area contributed by atoms with Gasteiger partial charge in [0.05, 0.1) is 16.6 Å². The van der Waals surface area contributed by atoms with E-state index < -0.39 is 16.6 Å². The average Bonchev–Trinajstić information content (AvgIpc) is 2.34. The molecular formula is C11H14FN3O3. The summed E-state index contributed by atoms with van der Waals surface area (Å²) in [6, 6.07) is 2.94. The summed E-state index contributed by atoms with van der Waals surface area (Å²) in [4.78, 5) is 21.3. The van der Waals surface area contributed by atoms with Crippen molar-refractivity contribution in [2.24, 2.45) is 0 Å². The first kappa shape index (κ1) is 14.0. The predicted octanol–water partition coefficient (Wildman–Crippen LogP) is 1.07. The fraction of sp³-hybridized carbons (Fsp3) is 0.364. The third kappa shape index (κ3) is 3.77. The second-order valence-electron chi connectivity index (χ2n) is 3.53. The van der Waals surface area contributed by atoms with Crippen LogP contribution in [-0.4, -0.2) is 30.5 Å². The molecule has 0 unspecified atom stereocenters. The Morgan fingerprint density at radius 3 is 2.72 bits per heavy atom. The number of carbonyl (C=O) groups excluding carboxylic acids is 1. The first-order chi connectivity index (χ1) is 8.56. The van der Waals surface area contributed by atoms with Crippen molar-refractivity contribution >= 4 is 11.6 Å². The number of nitrogens with one attached hydrogen (secondary N) is 2. The highest BCUT2D eigenvalue weighted by molar-refractivity contribution is 5.94. The molecule has 0 fully saturated rings. The molecule has 6 nitrogen and oxygen atoms in total. The van der Waals surface area contributed by atoms with Gasteiger partial charge in [-0.25, -0.2) is 4.39 Å². The largest absolute Gasteiger partial charge is 0.351 e. The number of amides is 1. The van der Waals surface area contributed by atoms with E-state index in [0.29, 0.717) is 13.1 Å². The van der Waals surface area contributed by atoms with Crippen LogP contribution in [0.25, 0.3) is 0 Å². The average molecular weight is 255 g/mol. The Bertz CT molecular complexity index is 451. The molecule has 1 aromatic carbocycles. The minimum Gasteiger partial charge on any atom is -0.351 e. The Labute approximate surface area is 103 Å². The summed E-state index contributed by atoms with van der Waals surface area (Å²) in [5.41, 5.74) is -0.575. The van der Waals surface area contributed by atoms with Gasteiger partial charge in [0.25, 0.3) is 11.6 Å². The molecule has 0 radical (unpaired) electrons. The smallest absolute Gasteiger partial charge is 0.272 e. The normalized spacial score (nSPS) is 10.1. The van der Waals surface area contributed by atoms with E-state index >= 15 is 0 Å². The first-order valence-corrected chi connectivity index (χ1v) is 5.49. The SMILES string of the molecule is CCNCCNC(=O)c1ccc([N+](=O)[O-])cc1F. The number of rotatable bonds is 6. The quantitative estimate of drug-likeness (QED) is 0.452. The number of benzene rings is 1. The van der Waals surface area contributed by atoms with Crippen LogP contribution in [0.5, 0.6) is 0 Å². The van der Waals surface area contributed by atoms with E-state index in [1.165, 1.54) is 0 Å². The Balaban J connectivity index is 2.66. The zero-order valence-electron chi connectivity index (χ0n) is 9.90. The van der Waals surface area contributed by atoms with Crippen LogP contribution in [-0.2, 0) is 0 Å². The van der Waals surface area contributed by atoms with Crippen LogP contribution in [0.4, 0.5) is 10.1 Å². The van der Waals surface area contributed by atoms with Crippen LogP contribution in [0.2, 0.25) is 0 Å². The molecule has 18 heavy (non-hydrogen) atoms. The van der Waals surface area contributed by atoms with Crippen molar-refractivity contribution in [1.82, 2.24) is 10.6 Å². The lowest BCUT2D eigenvalue weighted by Gasteiger charge is -2.06. The van der Waals surface area contributed by atoms with Crippen molar-refractivity contribution in [3.05, 3.63) is 39.7 Å². The Morgan fingerprint density at radius 2 is 2.17 bits per heavy atom. The summed E-state index contributed by atoms with van der Waals surface area (Å²) in [7, 11) is 0. The van der Waals surface area contributed by atoms with Gasteiger partial charge in [0, 0.05) is 19.2 Å². The molecule has 0 aliphatic rings. The third-order valence-electron chi connectivity index (χ3n) is 2.25. The summed E-state index contributed by atoms with van der Waals surface area (Å²) in [6.07, 6.45) is 0. The van der Waals surface area contributed by atoms with Gasteiger partial charge in [-0.3, -0.25) is 14.9 Å². The van der Waals surface area contributed by atoms with Gasteiger partial charge in [-0.15, -0.1) is 0 Å². The van der Waals surface area contributed by atoms with Gasteiger partial charge in [-0.05, 0) is 12.6 Å². The fourth-order valence-corrected chi connectivity index (χ4v) is 1.34. The van der Waals surface area contributed by atoms with Gasteiger partial charge in [-0.1, -0.05) is 6.92 Å². The van der Waals surface area contributed by atoms with Crippen molar-refractivity contribution in [1.29, 1.82) is 0 Å². The number of nitro benzene ring substituents is 1. The summed E-state index contributed by atoms with van der Waals surface area (Å²) >= 11 is 0. The second kappa shape index (κ2) is 6.65. The van der Waals surface area contributed by atoms with Crippen LogP contribution in [0.3, 0.4) is 0 Å². The van der Waals surface area contributed by atoms with Crippen LogP contribution in [0.15, 0.2) is 18.2 Å². The van der Waals surface area contributed by atoms with Gasteiger partial charge in [0.1, 0.15) is 5.82 Å². The standard InChI is InChI=1S/C11H14FN3O3/c1-2-13-5-6-14-11(16)9-4-3-8(15(17)18)7-10(9)12/h3-4,7,13H,2,5-6H2,1H3,(H,14,16). The summed E-state index contributed by atoms with van der Waals surface area (Å²) in [5, 5.41) is 15.9. The van der Waals surface area contributed by atoms with Crippen LogP contribution in [0, 0.1) is 15.9 Å². The summed E-state index contributed by atoms with van der Waals surface area (Å²) < 4.78 is 13.5. The van der Waals surface area contributed by atoms with E-state index in [1.807, 2.05) is 6.92 Å². The molecule has 0 spiro atoms. The number of non-ortho nitro benzene ring substituents is 1. The number of nitro groups is 1. The van der Waals surface area contributed by atoms with Crippen molar-refractivity contribution in [3.63, 3.8) is 0 Å². The van der Waals surface area contributed by atoms with Crippen molar-refractivity contribution in [2.45, 2.75) is 6.92 Å². The number of carbonyl (C=O) groups is 1. The highest BCUT2D eigenvalue weighted by Crippen LogP contribution is 2.16. The Hall–Kier alpha value is -2.02. The highest BCUT2D eigenvalue weighted by Gasteiger charge is 2.15. The molecule has 1 rings (SSSR count). The molecular weight excluding hydrogens is 241 g/mol. The second-order valence-corrected chi connectivity index (χ2v) is 3.53. The van der Waals surface area contributed by atoms with Gasteiger partial charge >= 0.3 is 0 Å². The maximum atomic E-state index is 13.5. The molecule has 0 aromatic heterocycles. The molecule has 0 saturated heterocycles. The molecule has 0 aliphatic carbocycles. The predicted molar refractivity (Wildman–Crippen MR) is 63.9 cm³/mol. The maximum absolute atomic E-state index is 13.5. The number of hydrogen-bond acceptors (Lipinski definition) is 4. The molecule has 0 heterocycles. The lowest BCUT2D eigenvalue weighted by atomic mass is 10.2. The molecule has 0 aliphatic heterocycles. The Morgan fingerprint density at radius 1 is 1.44 bits per heavy atom. The van der Waals surface area contributed by atoms with E-state index in [-0.39, 0.29) is 11.3 Å². The molecule has 0 bridgehead atoms. The third-order valence-corrected chi connectivity index (χ3v) is 2.25. The van der Waals surface area contributed by atoms with E-state index in [9.17, 15) is 19.3 Å². The summed E-state index contributed by atoms with van der Waals surface area (Å²) in [5.74, 6) is -1.48. The first-order valence-electron chi connectivity index (χ1n) is 5.49. The maximum Gasteiger partial charge on any atom is 0.272 e. The van der Waals surface area contributed by atoms with Crippen molar-refractivity contribution in [3.8, 4) is 0 Å². The zero-order valence-corrected chi connectivity index (χ0v) is 9.90. The van der Waals surface area contributed by atoms with Crippen LogP contribution < -0.4 is 10.6 Å². The summed E-state index contributed by atoms with van der Waals surface area (Å²) in [6.45, 7) is 3.65. The molecule has 0 atom stereocenters. The molecule has 98 valence electrons. The van der Waals surface area contributed by atoms with E-state index in [2.05, 4.69) is 10.6 Å². The van der Waals surface area contributed by atoms with Gasteiger partial charge in [-0.2, -0.15) is 0 Å². The molecule has 1 aromatic rings. The number of halogens is 1. The monoisotopic (exact) mass is 255 g/mol. The number of hydrogen-bond donors (Lipinski definition) is 2. The highest BCUT2D eigenvalue weighted by atomic mass is 19.1. The van der Waals surface area contributed by atoms with E-state index in [1.54, 1.807) is 0 Å². The molecule has 7 heteroatoms. The minimum absolute atomic E-state index is 0.197. The molecule has 1 amide bonds. The van der Waals surface area contributed by atoms with Gasteiger partial charge in [0.2, 0.25) is 0 Å². The lowest BCUT2D eigenvalue weighted by molar-refractivity contribution is -0.385. The minimum atomic E-state index is -0.898. The van der Waals surface area contributed by atoms with E-state index in [0.717, 1.165) is 24.7 Å². The van der Waals surface area contributed by atoms with Crippen molar-refractivity contribution in [2.75, 3.05) is 19.6 Å². The van der Waals surface area contributed by atoms with Gasteiger partial charge < -0.3 is 10.6 Å². The lowest BCUT2D eigenvalue weighted by Crippen LogP contribution is -2.32. The van der Waals surface area contributed by atoms with Gasteiger partial charge in [0.15, 0.2) is 0 Å². The topological polar surface area (TPSA) is 84.3 Å².